The highest BCUT2D eigenvalue weighted by Crippen LogP contribution is 2.18. The maximum absolute atomic E-state index is 10.5. The van der Waals surface area contributed by atoms with Crippen molar-refractivity contribution in [2.45, 2.75) is 89.8 Å². The minimum absolute atomic E-state index is 0.229. The number of hydrogen-bond donors (Lipinski definition) is 4. The number of phenolic OH excluding ortho intramolecular Hbond substituents is 1. The van der Waals surface area contributed by atoms with Crippen molar-refractivity contribution < 1.29 is 25.2 Å². The maximum atomic E-state index is 10.5. The van der Waals surface area contributed by atoms with E-state index in [0.29, 0.717) is 12.8 Å². The number of aliphatic hydroxyl groups excluding tert-OH is 2. The van der Waals surface area contributed by atoms with E-state index in [1.54, 1.807) is 18.2 Å². The quantitative estimate of drug-likeness (QED) is 0.220. The Labute approximate surface area is 180 Å². The lowest BCUT2D eigenvalue weighted by Gasteiger charge is -2.14. The first-order chi connectivity index (χ1) is 14.4. The van der Waals surface area contributed by atoms with E-state index in [-0.39, 0.29) is 12.2 Å². The van der Waals surface area contributed by atoms with Crippen molar-refractivity contribution in [3.63, 3.8) is 0 Å². The van der Waals surface area contributed by atoms with Gasteiger partial charge in [-0.25, -0.2) is 0 Å². The average molecular weight is 419 g/mol. The molecule has 0 radical (unpaired) electrons. The Hall–Kier alpha value is -2.11. The van der Waals surface area contributed by atoms with E-state index in [1.807, 2.05) is 18.2 Å². The normalized spacial score (nSPS) is 14.2. The lowest BCUT2D eigenvalue weighted by atomic mass is 10.00. The van der Waals surface area contributed by atoms with E-state index >= 15 is 0 Å². The first-order valence-electron chi connectivity index (χ1n) is 11.2. The first-order valence-corrected chi connectivity index (χ1v) is 11.2. The van der Waals surface area contributed by atoms with Gasteiger partial charge in [-0.1, -0.05) is 69.4 Å². The molecule has 5 heteroatoms. The SMILES string of the molecule is CCCC[C@H](O)[C@H](O)/C=C/C(=C/CCCCCCCC(=O)O)Cc1cccc(O)c1. The Balaban J connectivity index is 2.60. The van der Waals surface area contributed by atoms with Crippen LogP contribution in [0.2, 0.25) is 0 Å². The first kappa shape index (κ1) is 25.9. The number of carboxylic acid groups (broad SMARTS) is 1. The minimum atomic E-state index is -0.890. The molecule has 2 atom stereocenters. The van der Waals surface area contributed by atoms with Crippen LogP contribution >= 0.6 is 0 Å². The van der Waals surface area contributed by atoms with Gasteiger partial charge in [0.1, 0.15) is 5.75 Å². The molecule has 0 heterocycles. The summed E-state index contributed by atoms with van der Waals surface area (Å²) < 4.78 is 0. The molecule has 0 spiro atoms. The second-order valence-corrected chi connectivity index (χ2v) is 7.89. The van der Waals surface area contributed by atoms with Crippen LogP contribution in [0, 0.1) is 0 Å². The predicted molar refractivity (Wildman–Crippen MR) is 121 cm³/mol. The van der Waals surface area contributed by atoms with Crippen molar-refractivity contribution in [3.8, 4) is 5.75 Å². The van der Waals surface area contributed by atoms with Crippen LogP contribution < -0.4 is 0 Å². The van der Waals surface area contributed by atoms with E-state index in [4.69, 9.17) is 5.11 Å². The fraction of sp³-hybridized carbons (Fsp3) is 0.560. The average Bonchev–Trinajstić information content (AvgIpc) is 2.71. The van der Waals surface area contributed by atoms with Crippen molar-refractivity contribution in [2.24, 2.45) is 0 Å². The summed E-state index contributed by atoms with van der Waals surface area (Å²) in [5.41, 5.74) is 2.02. The highest BCUT2D eigenvalue weighted by atomic mass is 16.4. The van der Waals surface area contributed by atoms with Gasteiger partial charge in [-0.3, -0.25) is 4.79 Å². The van der Waals surface area contributed by atoms with Gasteiger partial charge in [0.2, 0.25) is 0 Å². The van der Waals surface area contributed by atoms with Gasteiger partial charge < -0.3 is 20.4 Å². The van der Waals surface area contributed by atoms with Gasteiger partial charge in [0.25, 0.3) is 0 Å². The Bertz CT molecular complexity index is 665. The molecule has 0 amide bonds. The fourth-order valence-electron chi connectivity index (χ4n) is 3.27. The summed E-state index contributed by atoms with van der Waals surface area (Å²) >= 11 is 0. The van der Waals surface area contributed by atoms with Crippen LogP contribution in [0.25, 0.3) is 0 Å². The number of carbonyl (C=O) groups is 1. The summed E-state index contributed by atoms with van der Waals surface area (Å²) in [5, 5.41) is 38.6. The van der Waals surface area contributed by atoms with Crippen LogP contribution in [-0.4, -0.2) is 38.6 Å². The standard InChI is InChI=1S/C25H38O5/c1-2-3-14-23(27)24(28)17-16-20(18-21-12-10-13-22(26)19-21)11-8-6-4-5-7-9-15-25(29)30/h10-13,16-17,19,23-24,26-28H,2-9,14-15,18H2,1H3,(H,29,30)/b17-16+,20-11-/t23-,24+/m0/s1. The molecule has 1 rings (SSSR count). The third-order valence-corrected chi connectivity index (χ3v) is 5.08. The number of unbranched alkanes of at least 4 members (excludes halogenated alkanes) is 6. The van der Waals surface area contributed by atoms with Crippen LogP contribution in [0.4, 0.5) is 0 Å². The molecule has 0 aromatic heterocycles. The molecular formula is C25H38O5. The number of rotatable bonds is 16. The zero-order chi connectivity index (χ0) is 22.2. The Kier molecular flexibility index (Phi) is 13.6. The van der Waals surface area contributed by atoms with Crippen LogP contribution in [0.5, 0.6) is 5.75 Å². The molecule has 0 aliphatic heterocycles. The zero-order valence-corrected chi connectivity index (χ0v) is 18.2. The van der Waals surface area contributed by atoms with Crippen molar-refractivity contribution in [1.82, 2.24) is 0 Å². The molecule has 0 saturated carbocycles. The summed E-state index contributed by atoms with van der Waals surface area (Å²) in [4.78, 5) is 10.5. The molecule has 0 aliphatic rings. The molecule has 0 fully saturated rings. The molecule has 0 unspecified atom stereocenters. The van der Waals surface area contributed by atoms with E-state index in [9.17, 15) is 20.1 Å². The molecule has 1 aromatic carbocycles. The van der Waals surface area contributed by atoms with E-state index in [0.717, 1.165) is 62.5 Å². The number of aromatic hydroxyl groups is 1. The smallest absolute Gasteiger partial charge is 0.303 e. The van der Waals surface area contributed by atoms with E-state index in [1.165, 1.54) is 0 Å². The number of allylic oxidation sites excluding steroid dienone is 3. The molecule has 4 N–H and O–H groups in total. The number of carboxylic acids is 1. The number of phenols is 1. The predicted octanol–water partition coefficient (Wildman–Crippen LogP) is 5.14. The Morgan fingerprint density at radius 2 is 1.80 bits per heavy atom. The van der Waals surface area contributed by atoms with E-state index < -0.39 is 18.2 Å². The van der Waals surface area contributed by atoms with Gasteiger partial charge in [-0.15, -0.1) is 0 Å². The topological polar surface area (TPSA) is 98.0 Å². The highest BCUT2D eigenvalue weighted by Gasteiger charge is 2.12. The molecular weight excluding hydrogens is 380 g/mol. The third kappa shape index (κ3) is 12.5. The van der Waals surface area contributed by atoms with Gasteiger partial charge in [0.15, 0.2) is 0 Å². The summed E-state index contributed by atoms with van der Waals surface area (Å²) in [6.07, 6.45) is 13.0. The van der Waals surface area contributed by atoms with Crippen LogP contribution in [0.3, 0.4) is 0 Å². The summed E-state index contributed by atoms with van der Waals surface area (Å²) in [6, 6.07) is 7.14. The van der Waals surface area contributed by atoms with E-state index in [2.05, 4.69) is 13.0 Å². The van der Waals surface area contributed by atoms with Crippen LogP contribution in [0.1, 0.15) is 76.7 Å². The van der Waals surface area contributed by atoms with Crippen molar-refractivity contribution >= 4 is 5.97 Å². The number of aliphatic carboxylic acids is 1. The Morgan fingerprint density at radius 1 is 1.07 bits per heavy atom. The molecule has 30 heavy (non-hydrogen) atoms. The van der Waals surface area contributed by atoms with Gasteiger partial charge in [0, 0.05) is 6.42 Å². The lowest BCUT2D eigenvalue weighted by Crippen LogP contribution is -2.23. The monoisotopic (exact) mass is 418 g/mol. The summed E-state index contributed by atoms with van der Waals surface area (Å²) in [6.45, 7) is 2.05. The maximum Gasteiger partial charge on any atom is 0.303 e. The van der Waals surface area contributed by atoms with Crippen molar-refractivity contribution in [1.29, 1.82) is 0 Å². The summed E-state index contributed by atoms with van der Waals surface area (Å²) in [5.74, 6) is -0.504. The number of hydrogen-bond acceptors (Lipinski definition) is 4. The second kappa shape index (κ2) is 15.7. The van der Waals surface area contributed by atoms with Crippen molar-refractivity contribution in [2.75, 3.05) is 0 Å². The van der Waals surface area contributed by atoms with Gasteiger partial charge in [0.05, 0.1) is 12.2 Å². The number of benzene rings is 1. The minimum Gasteiger partial charge on any atom is -0.508 e. The number of aliphatic hydroxyl groups is 2. The molecule has 1 aromatic rings. The van der Waals surface area contributed by atoms with Crippen LogP contribution in [0.15, 0.2) is 48.1 Å². The largest absolute Gasteiger partial charge is 0.508 e. The Morgan fingerprint density at radius 3 is 2.50 bits per heavy atom. The van der Waals surface area contributed by atoms with Gasteiger partial charge in [-0.05, 0) is 55.4 Å². The summed E-state index contributed by atoms with van der Waals surface area (Å²) in [7, 11) is 0. The highest BCUT2D eigenvalue weighted by molar-refractivity contribution is 5.66. The molecule has 0 aliphatic carbocycles. The third-order valence-electron chi connectivity index (χ3n) is 5.08. The second-order valence-electron chi connectivity index (χ2n) is 7.89. The van der Waals surface area contributed by atoms with Gasteiger partial charge >= 0.3 is 5.97 Å². The fourth-order valence-corrected chi connectivity index (χ4v) is 3.27. The molecule has 5 nitrogen and oxygen atoms in total. The molecule has 168 valence electrons. The van der Waals surface area contributed by atoms with Crippen molar-refractivity contribution in [3.05, 3.63) is 53.6 Å². The molecule has 0 bridgehead atoms. The lowest BCUT2D eigenvalue weighted by molar-refractivity contribution is -0.137. The molecule has 0 saturated heterocycles. The zero-order valence-electron chi connectivity index (χ0n) is 18.2. The van der Waals surface area contributed by atoms with Gasteiger partial charge in [-0.2, -0.15) is 0 Å². The van der Waals surface area contributed by atoms with Crippen LogP contribution in [-0.2, 0) is 11.2 Å².